The zero-order valence-corrected chi connectivity index (χ0v) is 14.7. The van der Waals surface area contributed by atoms with E-state index in [9.17, 15) is 9.59 Å². The number of amides is 1. The van der Waals surface area contributed by atoms with Crippen molar-refractivity contribution in [1.29, 1.82) is 0 Å². The number of fused-ring (bicyclic) bond motifs is 1. The molecule has 0 fully saturated rings. The van der Waals surface area contributed by atoms with E-state index >= 15 is 0 Å². The smallest absolute Gasteiger partial charge is 0.335 e. The molecule has 0 saturated heterocycles. The Kier molecular flexibility index (Phi) is 5.63. The van der Waals surface area contributed by atoms with Crippen LogP contribution in [-0.2, 0) is 17.8 Å². The van der Waals surface area contributed by atoms with Crippen molar-refractivity contribution in [3.8, 4) is 11.5 Å². The summed E-state index contributed by atoms with van der Waals surface area (Å²) in [5, 5.41) is 12.2. The number of ether oxygens (including phenoxy) is 2. The topological polar surface area (TPSA) is 84.9 Å². The van der Waals surface area contributed by atoms with Crippen LogP contribution in [0.3, 0.4) is 0 Å². The highest BCUT2D eigenvalue weighted by Gasteiger charge is 2.16. The number of carboxylic acids is 1. The van der Waals surface area contributed by atoms with E-state index in [1.807, 2.05) is 6.07 Å². The molecule has 0 aliphatic carbocycles. The van der Waals surface area contributed by atoms with Gasteiger partial charge in [-0.2, -0.15) is 0 Å². The van der Waals surface area contributed by atoms with Crippen LogP contribution >= 0.6 is 11.6 Å². The summed E-state index contributed by atoms with van der Waals surface area (Å²) in [6, 6.07) is 9.79. The Morgan fingerprint density at radius 2 is 1.81 bits per heavy atom. The van der Waals surface area contributed by atoms with Crippen molar-refractivity contribution in [2.75, 3.05) is 13.2 Å². The minimum absolute atomic E-state index is 0.165. The van der Waals surface area contributed by atoms with Gasteiger partial charge in [0.15, 0.2) is 11.5 Å². The van der Waals surface area contributed by atoms with Gasteiger partial charge in [0, 0.05) is 13.0 Å². The zero-order valence-electron chi connectivity index (χ0n) is 14.0. The maximum absolute atomic E-state index is 12.1. The minimum Gasteiger partial charge on any atom is -0.489 e. The first-order chi connectivity index (χ1) is 12.5. The molecule has 1 aliphatic rings. The van der Waals surface area contributed by atoms with E-state index in [-0.39, 0.29) is 17.9 Å². The fourth-order valence-corrected chi connectivity index (χ4v) is 2.89. The van der Waals surface area contributed by atoms with Crippen molar-refractivity contribution in [2.24, 2.45) is 0 Å². The van der Waals surface area contributed by atoms with Crippen LogP contribution < -0.4 is 14.8 Å². The quantitative estimate of drug-likeness (QED) is 0.839. The van der Waals surface area contributed by atoms with Gasteiger partial charge in [-0.1, -0.05) is 23.7 Å². The molecular weight excluding hydrogens is 358 g/mol. The van der Waals surface area contributed by atoms with Crippen LogP contribution in [0.2, 0.25) is 5.02 Å². The van der Waals surface area contributed by atoms with Gasteiger partial charge in [0.1, 0.15) is 0 Å². The maximum atomic E-state index is 12.1. The minimum atomic E-state index is -0.993. The van der Waals surface area contributed by atoms with Gasteiger partial charge in [-0.05, 0) is 35.4 Å². The normalized spacial score (nSPS) is 13.0. The Bertz CT molecular complexity index is 819. The maximum Gasteiger partial charge on any atom is 0.335 e. The van der Waals surface area contributed by atoms with Gasteiger partial charge < -0.3 is 19.9 Å². The Balaban J connectivity index is 1.60. The number of nitrogens with one attached hydrogen (secondary N) is 1. The van der Waals surface area contributed by atoms with Gasteiger partial charge in [-0.25, -0.2) is 4.79 Å². The van der Waals surface area contributed by atoms with Crippen LogP contribution in [0.1, 0.15) is 27.9 Å². The third-order valence-corrected chi connectivity index (χ3v) is 4.20. The average Bonchev–Trinajstić information content (AvgIpc) is 2.86. The zero-order chi connectivity index (χ0) is 18.5. The molecule has 2 N–H and O–H groups in total. The number of rotatable bonds is 5. The summed E-state index contributed by atoms with van der Waals surface area (Å²) in [5.41, 5.74) is 1.74. The van der Waals surface area contributed by atoms with E-state index in [4.69, 9.17) is 26.2 Å². The lowest BCUT2D eigenvalue weighted by atomic mass is 10.1. The lowest BCUT2D eigenvalue weighted by Gasteiger charge is -2.12. The second kappa shape index (κ2) is 8.10. The van der Waals surface area contributed by atoms with Gasteiger partial charge in [-0.3, -0.25) is 4.79 Å². The van der Waals surface area contributed by atoms with Gasteiger partial charge in [0.2, 0.25) is 5.91 Å². The molecule has 2 aromatic rings. The lowest BCUT2D eigenvalue weighted by molar-refractivity contribution is -0.120. The first-order valence-corrected chi connectivity index (χ1v) is 8.57. The van der Waals surface area contributed by atoms with Crippen molar-refractivity contribution in [1.82, 2.24) is 5.32 Å². The van der Waals surface area contributed by atoms with Crippen LogP contribution in [0, 0.1) is 0 Å². The summed E-state index contributed by atoms with van der Waals surface area (Å²) < 4.78 is 11.2. The fourth-order valence-electron chi connectivity index (χ4n) is 2.60. The van der Waals surface area contributed by atoms with E-state index in [0.29, 0.717) is 36.3 Å². The third-order valence-electron chi connectivity index (χ3n) is 3.92. The molecule has 2 aromatic carbocycles. The first-order valence-electron chi connectivity index (χ1n) is 8.20. The summed E-state index contributed by atoms with van der Waals surface area (Å²) in [6.07, 6.45) is 0.954. The second-order valence-corrected chi connectivity index (χ2v) is 6.32. The number of carboxylic acid groups (broad SMARTS) is 1. The third kappa shape index (κ3) is 4.46. The number of aromatic carboxylic acids is 1. The largest absolute Gasteiger partial charge is 0.489 e. The molecule has 0 saturated carbocycles. The molecule has 3 rings (SSSR count). The summed E-state index contributed by atoms with van der Waals surface area (Å²) >= 11 is 6.24. The van der Waals surface area contributed by atoms with E-state index in [1.54, 1.807) is 18.2 Å². The molecule has 0 spiro atoms. The molecular formula is C19H18ClNO5. The van der Waals surface area contributed by atoms with Crippen molar-refractivity contribution in [3.63, 3.8) is 0 Å². The molecule has 1 amide bonds. The van der Waals surface area contributed by atoms with Crippen molar-refractivity contribution >= 4 is 23.5 Å². The molecule has 0 aromatic heterocycles. The van der Waals surface area contributed by atoms with E-state index in [1.165, 1.54) is 12.1 Å². The van der Waals surface area contributed by atoms with Crippen LogP contribution in [0.15, 0.2) is 36.4 Å². The molecule has 1 aliphatic heterocycles. The number of hydrogen-bond acceptors (Lipinski definition) is 4. The summed E-state index contributed by atoms with van der Waals surface area (Å²) in [7, 11) is 0. The molecule has 26 heavy (non-hydrogen) atoms. The molecule has 0 radical (unpaired) electrons. The predicted molar refractivity (Wildman–Crippen MR) is 96.0 cm³/mol. The van der Waals surface area contributed by atoms with Gasteiger partial charge in [0.25, 0.3) is 0 Å². The van der Waals surface area contributed by atoms with Gasteiger partial charge >= 0.3 is 5.97 Å². The highest BCUT2D eigenvalue weighted by Crippen LogP contribution is 2.37. The van der Waals surface area contributed by atoms with Crippen LogP contribution in [0.5, 0.6) is 11.5 Å². The van der Waals surface area contributed by atoms with Gasteiger partial charge in [0.05, 0.1) is 30.2 Å². The number of carbonyl (C=O) groups is 2. The van der Waals surface area contributed by atoms with Gasteiger partial charge in [-0.15, -0.1) is 0 Å². The second-order valence-electron chi connectivity index (χ2n) is 5.91. The van der Waals surface area contributed by atoms with Crippen LogP contribution in [-0.4, -0.2) is 30.2 Å². The summed E-state index contributed by atoms with van der Waals surface area (Å²) in [5.74, 6) is -0.0372. The summed E-state index contributed by atoms with van der Waals surface area (Å²) in [4.78, 5) is 23.0. The molecule has 7 heteroatoms. The predicted octanol–water partition coefficient (Wildman–Crippen LogP) is 3.06. The fraction of sp³-hybridized carbons (Fsp3) is 0.263. The number of benzene rings is 2. The Labute approximate surface area is 155 Å². The molecule has 0 bridgehead atoms. The molecule has 1 heterocycles. The molecule has 136 valence electrons. The van der Waals surface area contributed by atoms with Crippen molar-refractivity contribution < 1.29 is 24.2 Å². The monoisotopic (exact) mass is 375 g/mol. The van der Waals surface area contributed by atoms with E-state index in [2.05, 4.69) is 5.32 Å². The van der Waals surface area contributed by atoms with Crippen molar-refractivity contribution in [3.05, 3.63) is 58.1 Å². The highest BCUT2D eigenvalue weighted by molar-refractivity contribution is 6.32. The Morgan fingerprint density at radius 3 is 2.54 bits per heavy atom. The van der Waals surface area contributed by atoms with Crippen molar-refractivity contribution in [2.45, 2.75) is 19.4 Å². The standard InChI is InChI=1S/C19H18ClNO5/c20-15-8-13(9-16-18(15)26-7-1-6-25-16)11-21-17(22)10-12-2-4-14(5-3-12)19(23)24/h2-5,8-9H,1,6-7,10-11H2,(H,21,22)(H,23,24). The molecule has 0 unspecified atom stereocenters. The Morgan fingerprint density at radius 1 is 1.08 bits per heavy atom. The van der Waals surface area contributed by atoms with E-state index in [0.717, 1.165) is 17.5 Å². The highest BCUT2D eigenvalue weighted by atomic mass is 35.5. The first kappa shape index (κ1) is 18.1. The number of hydrogen-bond donors (Lipinski definition) is 2. The number of halogens is 1. The molecule has 0 atom stereocenters. The molecule has 6 nitrogen and oxygen atoms in total. The number of carbonyl (C=O) groups excluding carboxylic acids is 1. The Hall–Kier alpha value is -2.73. The van der Waals surface area contributed by atoms with Crippen LogP contribution in [0.25, 0.3) is 0 Å². The average molecular weight is 376 g/mol. The SMILES string of the molecule is O=C(Cc1ccc(C(=O)O)cc1)NCc1cc(Cl)c2c(c1)OCCCO2. The summed E-state index contributed by atoms with van der Waals surface area (Å²) in [6.45, 7) is 1.43. The van der Waals surface area contributed by atoms with Crippen LogP contribution in [0.4, 0.5) is 0 Å². The van der Waals surface area contributed by atoms with E-state index < -0.39 is 5.97 Å². The lowest BCUT2D eigenvalue weighted by Crippen LogP contribution is -2.24.